The molecule has 1 aromatic carbocycles. The van der Waals surface area contributed by atoms with Gasteiger partial charge < -0.3 is 16.0 Å². The van der Waals surface area contributed by atoms with Crippen molar-refractivity contribution in [2.45, 2.75) is 31.7 Å². The number of piperidine rings is 1. The van der Waals surface area contributed by atoms with Crippen molar-refractivity contribution in [3.63, 3.8) is 0 Å². The Morgan fingerprint density at radius 1 is 1.14 bits per heavy atom. The lowest BCUT2D eigenvalue weighted by Gasteiger charge is -2.34. The van der Waals surface area contributed by atoms with Gasteiger partial charge in [-0.1, -0.05) is 12.1 Å². The predicted molar refractivity (Wildman–Crippen MR) is 90.2 cm³/mol. The molecule has 5 heteroatoms. The maximum atomic E-state index is 5.88. The highest BCUT2D eigenvalue weighted by Gasteiger charge is 2.27. The van der Waals surface area contributed by atoms with Crippen LogP contribution in [0.3, 0.4) is 0 Å². The zero-order valence-corrected chi connectivity index (χ0v) is 12.8. The summed E-state index contributed by atoms with van der Waals surface area (Å²) in [5, 5.41) is 3.56. The van der Waals surface area contributed by atoms with Crippen LogP contribution >= 0.6 is 0 Å². The summed E-state index contributed by atoms with van der Waals surface area (Å²) in [5.41, 5.74) is 7.81. The van der Waals surface area contributed by atoms with Gasteiger partial charge in [0.25, 0.3) is 0 Å². The number of hydrogen-bond acceptors (Lipinski definition) is 5. The number of nitrogens with two attached hydrogens (primary N) is 1. The molecule has 5 nitrogen and oxygen atoms in total. The quantitative estimate of drug-likeness (QED) is 0.907. The maximum Gasteiger partial charge on any atom is 0.172 e. The number of para-hydroxylation sites is 2. The third-order valence-electron chi connectivity index (χ3n) is 4.62. The first-order chi connectivity index (χ1) is 10.8. The average Bonchev–Trinajstić information content (AvgIpc) is 3.38. The van der Waals surface area contributed by atoms with Gasteiger partial charge in [0.15, 0.2) is 11.6 Å². The Kier molecular flexibility index (Phi) is 3.58. The summed E-state index contributed by atoms with van der Waals surface area (Å²) in [5.74, 6) is 2.51. The molecule has 3 N–H and O–H groups in total. The molecule has 0 radical (unpaired) electrons. The third-order valence-corrected chi connectivity index (χ3v) is 4.62. The summed E-state index contributed by atoms with van der Waals surface area (Å²) >= 11 is 0. The Balaban J connectivity index is 1.72. The fourth-order valence-electron chi connectivity index (χ4n) is 3.18. The molecule has 0 spiro atoms. The monoisotopic (exact) mass is 297 g/mol. The van der Waals surface area contributed by atoms with Gasteiger partial charge in [0, 0.05) is 19.1 Å². The highest BCUT2D eigenvalue weighted by atomic mass is 15.2. The molecule has 2 heterocycles. The van der Waals surface area contributed by atoms with Crippen LogP contribution < -0.4 is 16.0 Å². The molecule has 1 aliphatic heterocycles. The molecule has 1 aromatic heterocycles. The molecule has 1 aliphatic carbocycles. The zero-order chi connectivity index (χ0) is 14.9. The minimum absolute atomic E-state index is 0.566. The van der Waals surface area contributed by atoms with E-state index in [2.05, 4.69) is 10.2 Å². The Hall–Kier alpha value is -1.88. The summed E-state index contributed by atoms with van der Waals surface area (Å²) in [7, 11) is 0. The van der Waals surface area contributed by atoms with E-state index in [1.165, 1.54) is 25.7 Å². The van der Waals surface area contributed by atoms with E-state index in [9.17, 15) is 0 Å². The number of hydrogen-bond donors (Lipinski definition) is 2. The van der Waals surface area contributed by atoms with Crippen molar-refractivity contribution >= 4 is 22.7 Å². The Bertz CT molecular complexity index is 667. The van der Waals surface area contributed by atoms with Crippen molar-refractivity contribution in [1.29, 1.82) is 0 Å². The number of fused-ring (bicyclic) bond motifs is 1. The van der Waals surface area contributed by atoms with E-state index in [-0.39, 0.29) is 0 Å². The van der Waals surface area contributed by atoms with Crippen molar-refractivity contribution in [1.82, 2.24) is 9.97 Å². The Morgan fingerprint density at radius 2 is 1.91 bits per heavy atom. The van der Waals surface area contributed by atoms with Gasteiger partial charge in [-0.25, -0.2) is 9.97 Å². The topological polar surface area (TPSA) is 67.1 Å². The van der Waals surface area contributed by atoms with E-state index < -0.39 is 0 Å². The van der Waals surface area contributed by atoms with E-state index in [4.69, 9.17) is 15.7 Å². The molecule has 2 aliphatic rings. The van der Waals surface area contributed by atoms with Crippen LogP contribution in [0.1, 0.15) is 25.7 Å². The molecular weight excluding hydrogens is 274 g/mol. The first-order valence-electron chi connectivity index (χ1n) is 8.32. The van der Waals surface area contributed by atoms with Crippen molar-refractivity contribution in [3.05, 3.63) is 24.3 Å². The summed E-state index contributed by atoms with van der Waals surface area (Å²) < 4.78 is 0. The number of nitrogens with one attached hydrogen (secondary N) is 1. The van der Waals surface area contributed by atoms with E-state index in [0.29, 0.717) is 12.0 Å². The molecule has 1 atom stereocenters. The van der Waals surface area contributed by atoms with Gasteiger partial charge in [0.05, 0.1) is 11.0 Å². The standard InChI is InChI=1S/C17H23N5/c18-10-12-4-3-9-22(11-12)17-16(19-13-7-8-13)20-14-5-1-2-6-15(14)21-17/h1-2,5-6,12-13H,3-4,7-11,18H2,(H,19,20)/t12-/m0/s1. The number of nitrogens with zero attached hydrogens (tertiary/aromatic N) is 3. The SMILES string of the molecule is NC[C@@H]1CCCN(c2nc3ccccc3nc2NC2CC2)C1. The molecule has 4 rings (SSSR count). The fraction of sp³-hybridized carbons (Fsp3) is 0.529. The van der Waals surface area contributed by atoms with Crippen LogP contribution in [0.5, 0.6) is 0 Å². The van der Waals surface area contributed by atoms with Gasteiger partial charge in [0.1, 0.15) is 0 Å². The van der Waals surface area contributed by atoms with Crippen LogP contribution in [0, 0.1) is 5.92 Å². The average molecular weight is 297 g/mol. The molecule has 1 saturated heterocycles. The van der Waals surface area contributed by atoms with Gasteiger partial charge in [-0.2, -0.15) is 0 Å². The molecule has 116 valence electrons. The smallest absolute Gasteiger partial charge is 0.172 e. The highest BCUT2D eigenvalue weighted by molar-refractivity contribution is 5.80. The van der Waals surface area contributed by atoms with E-state index in [1.54, 1.807) is 0 Å². The minimum atomic E-state index is 0.566. The van der Waals surface area contributed by atoms with Gasteiger partial charge in [-0.15, -0.1) is 0 Å². The number of rotatable bonds is 4. The largest absolute Gasteiger partial charge is 0.364 e. The van der Waals surface area contributed by atoms with Crippen molar-refractivity contribution in [3.8, 4) is 0 Å². The second-order valence-corrected chi connectivity index (χ2v) is 6.49. The van der Waals surface area contributed by atoms with Gasteiger partial charge in [-0.3, -0.25) is 0 Å². The Morgan fingerprint density at radius 3 is 2.64 bits per heavy atom. The minimum Gasteiger partial charge on any atom is -0.364 e. The molecule has 2 aromatic rings. The van der Waals surface area contributed by atoms with Crippen LogP contribution in [-0.2, 0) is 0 Å². The second kappa shape index (κ2) is 5.72. The lowest BCUT2D eigenvalue weighted by molar-refractivity contribution is 0.422. The number of anilines is 2. The molecule has 0 amide bonds. The third kappa shape index (κ3) is 2.73. The number of benzene rings is 1. The van der Waals surface area contributed by atoms with Crippen LogP contribution in [0.2, 0.25) is 0 Å². The second-order valence-electron chi connectivity index (χ2n) is 6.49. The van der Waals surface area contributed by atoms with E-state index >= 15 is 0 Å². The first kappa shape index (κ1) is 13.8. The molecule has 1 saturated carbocycles. The summed E-state index contributed by atoms with van der Waals surface area (Å²) in [6.45, 7) is 2.79. The summed E-state index contributed by atoms with van der Waals surface area (Å²) in [6.07, 6.45) is 4.87. The van der Waals surface area contributed by atoms with E-state index in [0.717, 1.165) is 42.3 Å². The summed E-state index contributed by atoms with van der Waals surface area (Å²) in [6, 6.07) is 8.68. The number of aromatic nitrogens is 2. The molecule has 2 fully saturated rings. The van der Waals surface area contributed by atoms with Gasteiger partial charge in [-0.05, 0) is 50.3 Å². The van der Waals surface area contributed by atoms with Crippen molar-refractivity contribution in [2.24, 2.45) is 11.7 Å². The fourth-order valence-corrected chi connectivity index (χ4v) is 3.18. The van der Waals surface area contributed by atoms with Gasteiger partial charge in [0.2, 0.25) is 0 Å². The van der Waals surface area contributed by atoms with Crippen molar-refractivity contribution < 1.29 is 0 Å². The Labute approximate surface area is 130 Å². The first-order valence-corrected chi connectivity index (χ1v) is 8.32. The maximum absolute atomic E-state index is 5.88. The lowest BCUT2D eigenvalue weighted by Crippen LogP contribution is -2.39. The van der Waals surface area contributed by atoms with Crippen LogP contribution in [-0.4, -0.2) is 35.6 Å². The molecule has 22 heavy (non-hydrogen) atoms. The summed E-state index contributed by atoms with van der Waals surface area (Å²) in [4.78, 5) is 12.1. The van der Waals surface area contributed by atoms with Crippen LogP contribution in [0.4, 0.5) is 11.6 Å². The normalized spacial score (nSPS) is 22.0. The lowest BCUT2D eigenvalue weighted by atomic mass is 9.98. The van der Waals surface area contributed by atoms with Crippen molar-refractivity contribution in [2.75, 3.05) is 29.9 Å². The zero-order valence-electron chi connectivity index (χ0n) is 12.8. The van der Waals surface area contributed by atoms with Gasteiger partial charge >= 0.3 is 0 Å². The van der Waals surface area contributed by atoms with Crippen LogP contribution in [0.25, 0.3) is 11.0 Å². The molecule has 0 unspecified atom stereocenters. The highest BCUT2D eigenvalue weighted by Crippen LogP contribution is 2.32. The molecule has 0 bridgehead atoms. The van der Waals surface area contributed by atoms with Crippen LogP contribution in [0.15, 0.2) is 24.3 Å². The predicted octanol–water partition coefficient (Wildman–Crippen LogP) is 2.38. The molecular formula is C17H23N5. The van der Waals surface area contributed by atoms with E-state index in [1.807, 2.05) is 24.3 Å².